The van der Waals surface area contributed by atoms with Gasteiger partial charge in [0.1, 0.15) is 17.5 Å². The second kappa shape index (κ2) is 13.0. The lowest BCUT2D eigenvalue weighted by Crippen LogP contribution is -2.56. The van der Waals surface area contributed by atoms with Gasteiger partial charge in [0, 0.05) is 63.2 Å². The van der Waals surface area contributed by atoms with E-state index in [1.165, 1.54) is 11.0 Å². The van der Waals surface area contributed by atoms with Gasteiger partial charge in [-0.05, 0) is 38.0 Å². The van der Waals surface area contributed by atoms with Crippen LogP contribution in [0.25, 0.3) is 10.9 Å². The summed E-state index contributed by atoms with van der Waals surface area (Å²) in [6.45, 7) is 4.62. The summed E-state index contributed by atoms with van der Waals surface area (Å²) in [5, 5.41) is 31.0. The Labute approximate surface area is 241 Å². The minimum Gasteiger partial charge on any atom is -0.481 e. The average molecular weight is 586 g/mol. The zero-order chi connectivity index (χ0) is 30.6. The van der Waals surface area contributed by atoms with E-state index in [9.17, 15) is 34.2 Å². The van der Waals surface area contributed by atoms with Gasteiger partial charge in [0.05, 0.1) is 11.9 Å². The Morgan fingerprint density at radius 3 is 2.31 bits per heavy atom. The second-order valence-corrected chi connectivity index (χ2v) is 10.6. The molecule has 3 atom stereocenters. The number of rotatable bonds is 9. The number of fused-ring (bicyclic) bond motifs is 1. The molecule has 14 nitrogen and oxygen atoms in total. The standard InChI is InChI=1S/C28H35N5O9/c1-16-3-4-19-20(11-16)29-21(12-23(19)42-17(2)26(38)33-6-5-18(14-33)15-34)25(37)30-22(13-24(35)36)27(39)31-7-9-32(10-8-31)28(40)41/h3-4,11-12,17-18,22,34H,5-10,13-15H2,1-2H3,(H,30,37)(H,35,36)(H,40,41)/t17-,18-,22-/m0/s1. The first-order valence-electron chi connectivity index (χ1n) is 13.7. The molecule has 2 fully saturated rings. The monoisotopic (exact) mass is 585 g/mol. The maximum absolute atomic E-state index is 13.4. The number of likely N-dealkylation sites (tertiary alicyclic amines) is 1. The quantitative estimate of drug-likeness (QED) is 0.323. The highest BCUT2D eigenvalue weighted by Crippen LogP contribution is 2.28. The number of carbonyl (C=O) groups is 5. The van der Waals surface area contributed by atoms with Gasteiger partial charge in [0.2, 0.25) is 5.91 Å². The molecule has 226 valence electrons. The molecular formula is C28H35N5O9. The van der Waals surface area contributed by atoms with Crippen molar-refractivity contribution in [2.24, 2.45) is 5.92 Å². The van der Waals surface area contributed by atoms with E-state index in [-0.39, 0.29) is 56.1 Å². The first kappa shape index (κ1) is 30.5. The number of aliphatic carboxylic acids is 1. The molecule has 0 radical (unpaired) electrons. The van der Waals surface area contributed by atoms with Crippen molar-refractivity contribution in [2.45, 2.75) is 38.8 Å². The Kier molecular flexibility index (Phi) is 9.45. The summed E-state index contributed by atoms with van der Waals surface area (Å²) in [6, 6.07) is 5.27. The van der Waals surface area contributed by atoms with Gasteiger partial charge in [-0.15, -0.1) is 0 Å². The van der Waals surface area contributed by atoms with Crippen LogP contribution in [0, 0.1) is 12.8 Å². The summed E-state index contributed by atoms with van der Waals surface area (Å²) in [5.41, 5.74) is 1.13. The number of aliphatic hydroxyl groups is 1. The van der Waals surface area contributed by atoms with Gasteiger partial charge in [-0.3, -0.25) is 19.2 Å². The van der Waals surface area contributed by atoms with Gasteiger partial charge in [-0.1, -0.05) is 6.07 Å². The Morgan fingerprint density at radius 1 is 1.00 bits per heavy atom. The summed E-state index contributed by atoms with van der Waals surface area (Å²) in [4.78, 5) is 70.9. The van der Waals surface area contributed by atoms with Crippen molar-refractivity contribution in [1.29, 1.82) is 0 Å². The molecule has 0 saturated carbocycles. The lowest BCUT2D eigenvalue weighted by Gasteiger charge is -2.35. The van der Waals surface area contributed by atoms with Gasteiger partial charge in [-0.2, -0.15) is 0 Å². The zero-order valence-electron chi connectivity index (χ0n) is 23.5. The number of carboxylic acids is 1. The highest BCUT2D eigenvalue weighted by atomic mass is 16.5. The van der Waals surface area contributed by atoms with Crippen molar-refractivity contribution in [3.8, 4) is 5.75 Å². The Bertz CT molecular complexity index is 1380. The molecule has 2 aromatic rings. The Balaban J connectivity index is 1.55. The highest BCUT2D eigenvalue weighted by molar-refractivity contribution is 6.00. The second-order valence-electron chi connectivity index (χ2n) is 10.6. The van der Waals surface area contributed by atoms with E-state index < -0.39 is 42.4 Å². The molecule has 4 rings (SSSR count). The fraction of sp³-hybridized carbons (Fsp3) is 0.500. The molecule has 3 heterocycles. The van der Waals surface area contributed by atoms with E-state index in [2.05, 4.69) is 10.3 Å². The summed E-state index contributed by atoms with van der Waals surface area (Å²) in [7, 11) is 0. The summed E-state index contributed by atoms with van der Waals surface area (Å²) in [5.74, 6) is -2.78. The van der Waals surface area contributed by atoms with Crippen LogP contribution in [0.4, 0.5) is 4.79 Å². The molecule has 4 N–H and O–H groups in total. The minimum absolute atomic E-state index is 0.00422. The molecule has 0 unspecified atom stereocenters. The SMILES string of the molecule is Cc1ccc2c(O[C@@H](C)C(=O)N3CC[C@H](CO)C3)cc(C(=O)N[C@@H](CC(=O)O)C(=O)N3CCN(C(=O)O)CC3)nc2c1. The van der Waals surface area contributed by atoms with E-state index in [4.69, 9.17) is 9.84 Å². The van der Waals surface area contributed by atoms with Crippen molar-refractivity contribution in [3.63, 3.8) is 0 Å². The largest absolute Gasteiger partial charge is 0.481 e. The number of piperazine rings is 1. The number of hydrogen-bond donors (Lipinski definition) is 4. The number of aromatic nitrogens is 1. The van der Waals surface area contributed by atoms with Crippen LogP contribution in [0.5, 0.6) is 5.75 Å². The predicted octanol–water partition coefficient (Wildman–Crippen LogP) is 0.547. The maximum Gasteiger partial charge on any atom is 0.407 e. The number of aryl methyl sites for hydroxylation is 1. The van der Waals surface area contributed by atoms with E-state index >= 15 is 0 Å². The maximum atomic E-state index is 13.4. The summed E-state index contributed by atoms with van der Waals surface area (Å²) < 4.78 is 6.05. The topological polar surface area (TPSA) is 190 Å². The number of carbonyl (C=O) groups excluding carboxylic acids is 3. The van der Waals surface area contributed by atoms with Gasteiger partial charge in [-0.25, -0.2) is 9.78 Å². The van der Waals surface area contributed by atoms with Crippen molar-refractivity contribution in [1.82, 2.24) is 25.0 Å². The van der Waals surface area contributed by atoms with Gasteiger partial charge < -0.3 is 40.1 Å². The lowest BCUT2D eigenvalue weighted by atomic mass is 10.1. The van der Waals surface area contributed by atoms with Crippen LogP contribution >= 0.6 is 0 Å². The Hall–Kier alpha value is -4.46. The van der Waals surface area contributed by atoms with Gasteiger partial charge in [0.15, 0.2) is 6.10 Å². The fourth-order valence-corrected chi connectivity index (χ4v) is 5.15. The number of ether oxygens (including phenoxy) is 1. The molecule has 14 heteroatoms. The summed E-state index contributed by atoms with van der Waals surface area (Å²) in [6.07, 6.45) is -2.01. The van der Waals surface area contributed by atoms with Gasteiger partial charge in [0.25, 0.3) is 11.8 Å². The molecule has 42 heavy (non-hydrogen) atoms. The van der Waals surface area contributed by atoms with Crippen LogP contribution in [0.3, 0.4) is 0 Å². The normalized spacial score (nSPS) is 18.5. The summed E-state index contributed by atoms with van der Waals surface area (Å²) >= 11 is 0. The minimum atomic E-state index is -1.42. The van der Waals surface area contributed by atoms with Crippen LogP contribution in [-0.4, -0.2) is 123 Å². The number of hydrogen-bond acceptors (Lipinski definition) is 8. The third-order valence-corrected chi connectivity index (χ3v) is 7.51. The molecule has 0 aliphatic carbocycles. The van der Waals surface area contributed by atoms with Crippen LogP contribution in [0.15, 0.2) is 24.3 Å². The Morgan fingerprint density at radius 2 is 1.69 bits per heavy atom. The third-order valence-electron chi connectivity index (χ3n) is 7.51. The van der Waals surface area contributed by atoms with Crippen LogP contribution in [0.1, 0.15) is 35.8 Å². The third kappa shape index (κ3) is 7.05. The number of pyridine rings is 1. The molecule has 0 bridgehead atoms. The molecule has 4 amide bonds. The zero-order valence-corrected chi connectivity index (χ0v) is 23.5. The average Bonchev–Trinajstić information content (AvgIpc) is 3.45. The molecule has 2 aliphatic heterocycles. The van der Waals surface area contributed by atoms with E-state index in [0.29, 0.717) is 30.4 Å². The molecule has 0 spiro atoms. The number of nitrogens with one attached hydrogen (secondary N) is 1. The van der Waals surface area contributed by atoms with E-state index in [1.54, 1.807) is 24.0 Å². The fourth-order valence-electron chi connectivity index (χ4n) is 5.15. The first-order chi connectivity index (χ1) is 20.0. The number of aliphatic hydroxyl groups excluding tert-OH is 1. The highest BCUT2D eigenvalue weighted by Gasteiger charge is 2.33. The van der Waals surface area contributed by atoms with Crippen molar-refractivity contribution < 1.29 is 44.0 Å². The molecule has 1 aromatic heterocycles. The number of carboxylic acid groups (broad SMARTS) is 2. The van der Waals surface area contributed by atoms with Crippen LogP contribution < -0.4 is 10.1 Å². The molecule has 1 aromatic carbocycles. The predicted molar refractivity (Wildman–Crippen MR) is 148 cm³/mol. The van der Waals surface area contributed by atoms with Crippen LogP contribution in [-0.2, 0) is 14.4 Å². The first-order valence-corrected chi connectivity index (χ1v) is 13.7. The van der Waals surface area contributed by atoms with Crippen molar-refractivity contribution in [2.75, 3.05) is 45.9 Å². The van der Waals surface area contributed by atoms with Gasteiger partial charge >= 0.3 is 12.1 Å². The number of benzene rings is 1. The van der Waals surface area contributed by atoms with Crippen LogP contribution in [0.2, 0.25) is 0 Å². The van der Waals surface area contributed by atoms with E-state index in [1.807, 2.05) is 13.0 Å². The smallest absolute Gasteiger partial charge is 0.407 e. The molecule has 2 aliphatic rings. The van der Waals surface area contributed by atoms with Crippen molar-refractivity contribution >= 4 is 40.7 Å². The molecule has 2 saturated heterocycles. The lowest BCUT2D eigenvalue weighted by molar-refractivity contribution is -0.143. The molecular weight excluding hydrogens is 550 g/mol. The number of amides is 4. The van der Waals surface area contributed by atoms with E-state index in [0.717, 1.165) is 10.5 Å². The van der Waals surface area contributed by atoms with Crippen molar-refractivity contribution in [3.05, 3.63) is 35.5 Å². The number of nitrogens with zero attached hydrogens (tertiary/aromatic N) is 4.